The lowest BCUT2D eigenvalue weighted by Crippen LogP contribution is -2.34. The largest absolute Gasteiger partial charge is 0.329 e. The minimum atomic E-state index is -0.531. The van der Waals surface area contributed by atoms with Crippen LogP contribution in [-0.2, 0) is 18.4 Å². The third kappa shape index (κ3) is 1.92. The van der Waals surface area contributed by atoms with Crippen LogP contribution < -0.4 is 16.1 Å². The number of benzene rings is 1. The quantitative estimate of drug-likeness (QED) is 0.716. The van der Waals surface area contributed by atoms with Crippen LogP contribution in [-0.4, -0.2) is 25.0 Å². The number of amides is 1. The van der Waals surface area contributed by atoms with Crippen LogP contribution in [0.25, 0.3) is 11.2 Å². The molecule has 24 heavy (non-hydrogen) atoms. The van der Waals surface area contributed by atoms with Gasteiger partial charge in [0.05, 0.1) is 5.69 Å². The number of aryl methyl sites for hydroxylation is 3. The highest BCUT2D eigenvalue weighted by atomic mass is 16.2. The highest BCUT2D eigenvalue weighted by molar-refractivity contribution is 6.01. The fraction of sp³-hybridized carbons (Fsp3) is 0.250. The molecule has 0 aliphatic carbocycles. The van der Waals surface area contributed by atoms with E-state index >= 15 is 0 Å². The number of H-pyrrole nitrogens is 1. The molecular weight excluding hydrogens is 310 g/mol. The van der Waals surface area contributed by atoms with E-state index in [9.17, 15) is 14.4 Å². The zero-order chi connectivity index (χ0) is 17.0. The Bertz CT molecular complexity index is 1090. The first-order chi connectivity index (χ1) is 11.5. The molecule has 122 valence electrons. The molecule has 0 unspecified atom stereocenters. The van der Waals surface area contributed by atoms with E-state index in [1.165, 1.54) is 16.5 Å². The number of hydrogen-bond acceptors (Lipinski definition) is 4. The second-order valence-corrected chi connectivity index (χ2v) is 5.87. The third-order valence-corrected chi connectivity index (χ3v) is 4.28. The van der Waals surface area contributed by atoms with Crippen molar-refractivity contribution < 1.29 is 4.79 Å². The molecule has 8 nitrogen and oxygen atoms in total. The highest BCUT2D eigenvalue weighted by Crippen LogP contribution is 2.31. The SMILES string of the molecule is Cc1ccc(N2C(=O)CCn3c2nc2c3c(=O)[nH]c(=O)n2C)cc1. The molecule has 1 aromatic carbocycles. The first kappa shape index (κ1) is 14.4. The summed E-state index contributed by atoms with van der Waals surface area (Å²) in [7, 11) is 1.54. The second kappa shape index (κ2) is 4.92. The van der Waals surface area contributed by atoms with E-state index in [1.807, 2.05) is 31.2 Å². The summed E-state index contributed by atoms with van der Waals surface area (Å²) in [4.78, 5) is 44.7. The zero-order valence-electron chi connectivity index (χ0n) is 13.2. The average Bonchev–Trinajstić information content (AvgIpc) is 2.94. The van der Waals surface area contributed by atoms with Gasteiger partial charge < -0.3 is 4.57 Å². The molecule has 0 spiro atoms. The van der Waals surface area contributed by atoms with Crippen molar-refractivity contribution in [2.75, 3.05) is 4.90 Å². The van der Waals surface area contributed by atoms with Crippen molar-refractivity contribution in [1.29, 1.82) is 0 Å². The fourth-order valence-electron chi connectivity index (χ4n) is 2.99. The Labute approximate surface area is 136 Å². The van der Waals surface area contributed by atoms with Gasteiger partial charge in [0, 0.05) is 20.0 Å². The van der Waals surface area contributed by atoms with E-state index in [4.69, 9.17) is 0 Å². The summed E-state index contributed by atoms with van der Waals surface area (Å²) in [6.45, 7) is 2.32. The Hall–Kier alpha value is -3.16. The lowest BCUT2D eigenvalue weighted by Gasteiger charge is -2.27. The lowest BCUT2D eigenvalue weighted by molar-refractivity contribution is -0.118. The number of rotatable bonds is 1. The number of aromatic nitrogens is 4. The number of fused-ring (bicyclic) bond motifs is 3. The van der Waals surface area contributed by atoms with Gasteiger partial charge in [-0.25, -0.2) is 9.69 Å². The number of carbonyl (C=O) groups is 1. The van der Waals surface area contributed by atoms with Crippen molar-refractivity contribution in [3.63, 3.8) is 0 Å². The highest BCUT2D eigenvalue weighted by Gasteiger charge is 2.30. The minimum Gasteiger partial charge on any atom is -0.303 e. The Morgan fingerprint density at radius 1 is 1.12 bits per heavy atom. The normalized spacial score (nSPS) is 14.2. The molecule has 4 rings (SSSR count). The third-order valence-electron chi connectivity index (χ3n) is 4.28. The lowest BCUT2D eigenvalue weighted by atomic mass is 10.2. The molecule has 0 fully saturated rings. The maximum atomic E-state index is 12.5. The predicted octanol–water partition coefficient (Wildman–Crippen LogP) is 0.800. The molecule has 0 saturated heterocycles. The molecule has 0 radical (unpaired) electrons. The van der Waals surface area contributed by atoms with Crippen LogP contribution in [0.5, 0.6) is 0 Å². The van der Waals surface area contributed by atoms with Crippen LogP contribution in [0.15, 0.2) is 33.9 Å². The van der Waals surface area contributed by atoms with Gasteiger partial charge in [-0.15, -0.1) is 0 Å². The van der Waals surface area contributed by atoms with Crippen molar-refractivity contribution in [1.82, 2.24) is 19.1 Å². The van der Waals surface area contributed by atoms with Gasteiger partial charge in [-0.1, -0.05) is 17.7 Å². The van der Waals surface area contributed by atoms with E-state index in [1.54, 1.807) is 4.57 Å². The number of anilines is 2. The van der Waals surface area contributed by atoms with Gasteiger partial charge >= 0.3 is 5.69 Å². The van der Waals surface area contributed by atoms with Crippen LogP contribution in [0.1, 0.15) is 12.0 Å². The van der Waals surface area contributed by atoms with Crippen LogP contribution in [0.2, 0.25) is 0 Å². The van der Waals surface area contributed by atoms with Crippen LogP contribution in [0.4, 0.5) is 11.6 Å². The van der Waals surface area contributed by atoms with Gasteiger partial charge in [-0.3, -0.25) is 19.1 Å². The summed E-state index contributed by atoms with van der Waals surface area (Å²) < 4.78 is 2.97. The fourth-order valence-corrected chi connectivity index (χ4v) is 2.99. The number of carbonyl (C=O) groups excluding carboxylic acids is 1. The number of imidazole rings is 1. The topological polar surface area (TPSA) is 93.0 Å². The van der Waals surface area contributed by atoms with Gasteiger partial charge in [0.15, 0.2) is 11.2 Å². The number of nitrogens with zero attached hydrogens (tertiary/aromatic N) is 4. The molecule has 3 aromatic rings. The Morgan fingerprint density at radius 2 is 1.83 bits per heavy atom. The predicted molar refractivity (Wildman–Crippen MR) is 88.5 cm³/mol. The summed E-state index contributed by atoms with van der Waals surface area (Å²) in [5.74, 6) is 0.264. The number of aromatic amines is 1. The van der Waals surface area contributed by atoms with Crippen LogP contribution in [0, 0.1) is 6.92 Å². The Kier molecular flexibility index (Phi) is 2.96. The van der Waals surface area contributed by atoms with E-state index in [0.717, 1.165) is 5.56 Å². The zero-order valence-corrected chi connectivity index (χ0v) is 13.2. The average molecular weight is 325 g/mol. The van der Waals surface area contributed by atoms with Gasteiger partial charge in [-0.2, -0.15) is 4.98 Å². The first-order valence-corrected chi connectivity index (χ1v) is 7.56. The summed E-state index contributed by atoms with van der Waals surface area (Å²) in [5.41, 5.74) is 1.31. The molecule has 0 saturated carbocycles. The van der Waals surface area contributed by atoms with Gasteiger partial charge in [0.1, 0.15) is 0 Å². The monoisotopic (exact) mass is 325 g/mol. The molecule has 0 bridgehead atoms. The number of hydrogen-bond donors (Lipinski definition) is 1. The molecule has 2 aromatic heterocycles. The molecule has 3 heterocycles. The van der Waals surface area contributed by atoms with Crippen LogP contribution >= 0.6 is 0 Å². The molecular formula is C16H15N5O3. The molecule has 1 amide bonds. The Morgan fingerprint density at radius 3 is 2.54 bits per heavy atom. The van der Waals surface area contributed by atoms with Gasteiger partial charge in [0.25, 0.3) is 5.56 Å². The van der Waals surface area contributed by atoms with Crippen molar-refractivity contribution in [2.24, 2.45) is 7.05 Å². The number of nitrogens with one attached hydrogen (secondary N) is 1. The van der Waals surface area contributed by atoms with Crippen molar-refractivity contribution in [2.45, 2.75) is 19.9 Å². The maximum Gasteiger partial charge on any atom is 0.329 e. The molecule has 1 aliphatic heterocycles. The van der Waals surface area contributed by atoms with Gasteiger partial charge in [-0.05, 0) is 19.1 Å². The smallest absolute Gasteiger partial charge is 0.303 e. The van der Waals surface area contributed by atoms with E-state index in [-0.39, 0.29) is 18.0 Å². The van der Waals surface area contributed by atoms with E-state index in [0.29, 0.717) is 23.7 Å². The Balaban J connectivity index is 2.03. The summed E-state index contributed by atoms with van der Waals surface area (Å²) >= 11 is 0. The van der Waals surface area contributed by atoms with E-state index in [2.05, 4.69) is 9.97 Å². The molecule has 1 aliphatic rings. The van der Waals surface area contributed by atoms with Crippen molar-refractivity contribution in [3.8, 4) is 0 Å². The van der Waals surface area contributed by atoms with Crippen molar-refractivity contribution >= 4 is 28.7 Å². The minimum absolute atomic E-state index is 0.0944. The summed E-state index contributed by atoms with van der Waals surface area (Å²) in [6.07, 6.45) is 0.259. The molecule has 1 N–H and O–H groups in total. The van der Waals surface area contributed by atoms with E-state index < -0.39 is 11.2 Å². The van der Waals surface area contributed by atoms with Crippen molar-refractivity contribution in [3.05, 3.63) is 50.7 Å². The summed E-state index contributed by atoms with van der Waals surface area (Å²) in [5, 5.41) is 0. The van der Waals surface area contributed by atoms with Gasteiger partial charge in [0.2, 0.25) is 11.9 Å². The summed E-state index contributed by atoms with van der Waals surface area (Å²) in [6, 6.07) is 7.50. The second-order valence-electron chi connectivity index (χ2n) is 5.87. The van der Waals surface area contributed by atoms with Crippen LogP contribution in [0.3, 0.4) is 0 Å². The maximum absolute atomic E-state index is 12.5. The molecule has 0 atom stereocenters. The molecule has 8 heteroatoms. The first-order valence-electron chi connectivity index (χ1n) is 7.56. The standard InChI is InChI=1S/C16H15N5O3/c1-9-3-5-10(6-4-9)21-11(22)7-8-20-12-13(17-15(20)21)19(2)16(24)18-14(12)23/h3-6H,7-8H2,1-2H3,(H,18,23,24).